The van der Waals surface area contributed by atoms with Crippen molar-refractivity contribution in [1.29, 1.82) is 0 Å². The van der Waals surface area contributed by atoms with E-state index in [1.54, 1.807) is 46.2 Å². The normalized spacial score (nSPS) is 13.9. The maximum absolute atomic E-state index is 13.1. The minimum Gasteiger partial charge on any atom is -0.335 e. The summed E-state index contributed by atoms with van der Waals surface area (Å²) in [6.45, 7) is 1.86. The number of hydrogen-bond acceptors (Lipinski definition) is 4. The van der Waals surface area contributed by atoms with Gasteiger partial charge < -0.3 is 9.80 Å². The van der Waals surface area contributed by atoms with Crippen molar-refractivity contribution in [1.82, 2.24) is 9.80 Å². The van der Waals surface area contributed by atoms with Gasteiger partial charge in [0, 0.05) is 37.3 Å². The summed E-state index contributed by atoms with van der Waals surface area (Å²) in [5.41, 5.74) is 1.36. The number of piperazine rings is 1. The number of nitrogens with zero attached hydrogens (tertiary/aromatic N) is 2. The van der Waals surface area contributed by atoms with Gasteiger partial charge in [0.25, 0.3) is 11.8 Å². The molecule has 0 radical (unpaired) electrons. The maximum atomic E-state index is 13.1. The van der Waals surface area contributed by atoms with Crippen molar-refractivity contribution in [3.05, 3.63) is 93.7 Å². The molecular weight excluding hydrogens is 384 g/mol. The van der Waals surface area contributed by atoms with Crippen LogP contribution in [0.15, 0.2) is 72.1 Å². The van der Waals surface area contributed by atoms with Crippen molar-refractivity contribution in [2.45, 2.75) is 0 Å². The standard InChI is InChI=1S/C23H20N2O3S/c26-21(17-7-2-1-3-8-17)18-9-4-5-10-19(18)22(27)24-12-14-25(15-13-24)23(28)20-11-6-16-29-20/h1-11,16H,12-15H2. The highest BCUT2D eigenvalue weighted by Gasteiger charge is 2.28. The summed E-state index contributed by atoms with van der Waals surface area (Å²) in [7, 11) is 0. The quantitative estimate of drug-likeness (QED) is 0.625. The Labute approximate surface area is 173 Å². The molecule has 2 amide bonds. The smallest absolute Gasteiger partial charge is 0.264 e. The second-order valence-corrected chi connectivity index (χ2v) is 7.75. The molecule has 0 N–H and O–H groups in total. The summed E-state index contributed by atoms with van der Waals surface area (Å²) in [5, 5.41) is 1.88. The third-order valence-corrected chi connectivity index (χ3v) is 5.88. The summed E-state index contributed by atoms with van der Waals surface area (Å²) in [4.78, 5) is 42.7. The van der Waals surface area contributed by atoms with Crippen LogP contribution in [0.25, 0.3) is 0 Å². The summed E-state index contributed by atoms with van der Waals surface area (Å²) in [6, 6.07) is 19.6. The van der Waals surface area contributed by atoms with Gasteiger partial charge in [-0.05, 0) is 17.5 Å². The van der Waals surface area contributed by atoms with Crippen LogP contribution in [0.5, 0.6) is 0 Å². The van der Waals surface area contributed by atoms with Crippen molar-refractivity contribution in [2.24, 2.45) is 0 Å². The van der Waals surface area contributed by atoms with Crippen LogP contribution < -0.4 is 0 Å². The molecule has 0 aliphatic carbocycles. The molecule has 5 nitrogen and oxygen atoms in total. The lowest BCUT2D eigenvalue weighted by atomic mass is 9.97. The van der Waals surface area contributed by atoms with Gasteiger partial charge in [-0.25, -0.2) is 0 Å². The van der Waals surface area contributed by atoms with Crippen LogP contribution in [0.1, 0.15) is 36.0 Å². The first-order valence-electron chi connectivity index (χ1n) is 9.46. The topological polar surface area (TPSA) is 57.7 Å². The molecule has 2 aromatic carbocycles. The van der Waals surface area contributed by atoms with E-state index in [9.17, 15) is 14.4 Å². The number of carbonyl (C=O) groups excluding carboxylic acids is 3. The highest BCUT2D eigenvalue weighted by atomic mass is 32.1. The van der Waals surface area contributed by atoms with E-state index >= 15 is 0 Å². The SMILES string of the molecule is O=C(c1ccccc1)c1ccccc1C(=O)N1CCN(C(=O)c2cccs2)CC1. The van der Waals surface area contributed by atoms with Crippen LogP contribution in [-0.2, 0) is 0 Å². The maximum Gasteiger partial charge on any atom is 0.264 e. The molecule has 1 saturated heterocycles. The van der Waals surface area contributed by atoms with Crippen molar-refractivity contribution < 1.29 is 14.4 Å². The van der Waals surface area contributed by atoms with Gasteiger partial charge in [-0.3, -0.25) is 14.4 Å². The fourth-order valence-electron chi connectivity index (χ4n) is 3.45. The van der Waals surface area contributed by atoms with Crippen LogP contribution in [0, 0.1) is 0 Å². The first kappa shape index (κ1) is 19.1. The van der Waals surface area contributed by atoms with Gasteiger partial charge in [-0.15, -0.1) is 11.3 Å². The van der Waals surface area contributed by atoms with E-state index in [0.717, 1.165) is 0 Å². The number of ketones is 1. The lowest BCUT2D eigenvalue weighted by Crippen LogP contribution is -2.50. The molecule has 29 heavy (non-hydrogen) atoms. The van der Waals surface area contributed by atoms with Gasteiger partial charge in [-0.2, -0.15) is 0 Å². The molecule has 6 heteroatoms. The number of thiophene rings is 1. The third kappa shape index (κ3) is 3.98. The molecule has 1 fully saturated rings. The number of rotatable bonds is 4. The monoisotopic (exact) mass is 404 g/mol. The van der Waals surface area contributed by atoms with Gasteiger partial charge in [0.1, 0.15) is 0 Å². The molecule has 1 aliphatic heterocycles. The summed E-state index contributed by atoms with van der Waals surface area (Å²) < 4.78 is 0. The van der Waals surface area contributed by atoms with E-state index in [1.807, 2.05) is 35.7 Å². The molecule has 0 unspecified atom stereocenters. The zero-order valence-electron chi connectivity index (χ0n) is 15.8. The van der Waals surface area contributed by atoms with Gasteiger partial charge in [0.15, 0.2) is 5.78 Å². The average Bonchev–Trinajstić information content (AvgIpc) is 3.33. The predicted octanol–water partition coefficient (Wildman–Crippen LogP) is 3.58. The zero-order chi connectivity index (χ0) is 20.2. The van der Waals surface area contributed by atoms with Crippen LogP contribution in [0.3, 0.4) is 0 Å². The Kier molecular flexibility index (Phi) is 5.53. The van der Waals surface area contributed by atoms with Crippen LogP contribution in [0.4, 0.5) is 0 Å². The Hall–Kier alpha value is -3.25. The van der Waals surface area contributed by atoms with E-state index in [-0.39, 0.29) is 17.6 Å². The second kappa shape index (κ2) is 8.41. The van der Waals surface area contributed by atoms with Gasteiger partial charge >= 0.3 is 0 Å². The molecule has 0 saturated carbocycles. The highest BCUT2D eigenvalue weighted by Crippen LogP contribution is 2.19. The summed E-state index contributed by atoms with van der Waals surface area (Å²) >= 11 is 1.42. The molecule has 0 atom stereocenters. The molecular formula is C23H20N2O3S. The average molecular weight is 404 g/mol. The summed E-state index contributed by atoms with van der Waals surface area (Å²) in [6.07, 6.45) is 0. The predicted molar refractivity (Wildman–Crippen MR) is 112 cm³/mol. The Bertz CT molecular complexity index is 1020. The Morgan fingerprint density at radius 3 is 1.86 bits per heavy atom. The lowest BCUT2D eigenvalue weighted by molar-refractivity contribution is 0.0537. The Morgan fingerprint density at radius 2 is 1.24 bits per heavy atom. The van der Waals surface area contributed by atoms with Crippen LogP contribution in [-0.4, -0.2) is 53.6 Å². The van der Waals surface area contributed by atoms with Crippen molar-refractivity contribution in [3.8, 4) is 0 Å². The molecule has 146 valence electrons. The largest absolute Gasteiger partial charge is 0.335 e. The third-order valence-electron chi connectivity index (χ3n) is 5.02. The molecule has 2 heterocycles. The Morgan fingerprint density at radius 1 is 0.655 bits per heavy atom. The molecule has 1 aliphatic rings. The molecule has 0 bridgehead atoms. The van der Waals surface area contributed by atoms with E-state index in [0.29, 0.717) is 47.7 Å². The first-order valence-corrected chi connectivity index (χ1v) is 10.3. The van der Waals surface area contributed by atoms with E-state index in [1.165, 1.54) is 11.3 Å². The van der Waals surface area contributed by atoms with E-state index in [2.05, 4.69) is 0 Å². The zero-order valence-corrected chi connectivity index (χ0v) is 16.6. The van der Waals surface area contributed by atoms with E-state index in [4.69, 9.17) is 0 Å². The number of benzene rings is 2. The van der Waals surface area contributed by atoms with Gasteiger partial charge in [0.05, 0.1) is 10.4 Å². The molecule has 3 aromatic rings. The number of amides is 2. The fraction of sp³-hybridized carbons (Fsp3) is 0.174. The number of carbonyl (C=O) groups is 3. The summed E-state index contributed by atoms with van der Waals surface area (Å²) in [5.74, 6) is -0.332. The molecule has 4 rings (SSSR count). The van der Waals surface area contributed by atoms with Crippen LogP contribution >= 0.6 is 11.3 Å². The fourth-order valence-corrected chi connectivity index (χ4v) is 4.14. The first-order chi connectivity index (χ1) is 14.1. The van der Waals surface area contributed by atoms with Gasteiger partial charge in [0.2, 0.25) is 0 Å². The van der Waals surface area contributed by atoms with Crippen LogP contribution in [0.2, 0.25) is 0 Å². The van der Waals surface area contributed by atoms with Gasteiger partial charge in [-0.1, -0.05) is 54.6 Å². The minimum atomic E-state index is -0.173. The lowest BCUT2D eigenvalue weighted by Gasteiger charge is -2.34. The molecule has 1 aromatic heterocycles. The van der Waals surface area contributed by atoms with Crippen molar-refractivity contribution in [3.63, 3.8) is 0 Å². The van der Waals surface area contributed by atoms with Crippen molar-refractivity contribution in [2.75, 3.05) is 26.2 Å². The van der Waals surface area contributed by atoms with Crippen molar-refractivity contribution >= 4 is 28.9 Å². The molecule has 0 spiro atoms. The Balaban J connectivity index is 1.48. The number of hydrogen-bond donors (Lipinski definition) is 0. The minimum absolute atomic E-state index is 0.00625. The van der Waals surface area contributed by atoms with E-state index < -0.39 is 0 Å². The highest BCUT2D eigenvalue weighted by molar-refractivity contribution is 7.12. The second-order valence-electron chi connectivity index (χ2n) is 6.80.